The van der Waals surface area contributed by atoms with Gasteiger partial charge in [0.2, 0.25) is 0 Å². The molecule has 0 radical (unpaired) electrons. The van der Waals surface area contributed by atoms with Crippen molar-refractivity contribution in [2.24, 2.45) is 0 Å². The zero-order chi connectivity index (χ0) is 16.0. The molecule has 2 heterocycles. The molecule has 0 bridgehead atoms. The quantitative estimate of drug-likeness (QED) is 0.925. The van der Waals surface area contributed by atoms with Gasteiger partial charge in [0, 0.05) is 31.1 Å². The molecule has 1 spiro atoms. The average Bonchev–Trinajstić information content (AvgIpc) is 2.91. The number of fused-ring (bicyclic) bond motifs is 3. The highest BCUT2D eigenvalue weighted by molar-refractivity contribution is 5.53. The summed E-state index contributed by atoms with van der Waals surface area (Å²) in [5.41, 5.74) is 2.69. The molecule has 2 aromatic carbocycles. The molecule has 120 valence electrons. The topological polar surface area (TPSA) is 39.7 Å². The lowest BCUT2D eigenvalue weighted by atomic mass is 9.83. The Kier molecular flexibility index (Phi) is 3.20. The van der Waals surface area contributed by atoms with E-state index in [1.54, 1.807) is 20.3 Å². The molecule has 4 rings (SSSR count). The molecule has 0 amide bonds. The van der Waals surface area contributed by atoms with Crippen LogP contribution in [0.3, 0.4) is 0 Å². The maximum Gasteiger partial charge on any atom is 0.161 e. The molecule has 0 fully saturated rings. The summed E-state index contributed by atoms with van der Waals surface area (Å²) < 4.78 is 30.5. The first-order valence-electron chi connectivity index (χ1n) is 7.59. The molecule has 0 aliphatic carbocycles. The van der Waals surface area contributed by atoms with Crippen LogP contribution >= 0.6 is 0 Å². The van der Waals surface area contributed by atoms with E-state index < -0.39 is 5.60 Å². The van der Waals surface area contributed by atoms with Crippen molar-refractivity contribution in [3.8, 4) is 17.2 Å². The zero-order valence-electron chi connectivity index (χ0n) is 13.1. The highest BCUT2D eigenvalue weighted by Gasteiger charge is 2.44. The van der Waals surface area contributed by atoms with Gasteiger partial charge in [0.05, 0.1) is 14.2 Å². The number of halogens is 1. The van der Waals surface area contributed by atoms with Gasteiger partial charge in [-0.25, -0.2) is 4.39 Å². The van der Waals surface area contributed by atoms with E-state index in [9.17, 15) is 4.39 Å². The fraction of sp³-hybridized carbons (Fsp3) is 0.333. The van der Waals surface area contributed by atoms with Crippen molar-refractivity contribution in [1.29, 1.82) is 0 Å². The number of methoxy groups -OCH3 is 2. The zero-order valence-corrected chi connectivity index (χ0v) is 13.1. The van der Waals surface area contributed by atoms with E-state index in [2.05, 4.69) is 5.32 Å². The van der Waals surface area contributed by atoms with Crippen molar-refractivity contribution in [2.45, 2.75) is 18.6 Å². The third-order valence-electron chi connectivity index (χ3n) is 4.64. The third-order valence-corrected chi connectivity index (χ3v) is 4.64. The van der Waals surface area contributed by atoms with Crippen LogP contribution in [0.5, 0.6) is 17.2 Å². The van der Waals surface area contributed by atoms with Crippen molar-refractivity contribution in [3.63, 3.8) is 0 Å². The van der Waals surface area contributed by atoms with Gasteiger partial charge in [-0.05, 0) is 29.3 Å². The van der Waals surface area contributed by atoms with Crippen molar-refractivity contribution in [2.75, 3.05) is 20.8 Å². The van der Waals surface area contributed by atoms with Crippen LogP contribution in [0.25, 0.3) is 0 Å². The summed E-state index contributed by atoms with van der Waals surface area (Å²) in [6.45, 7) is 1.41. The fourth-order valence-corrected chi connectivity index (χ4v) is 3.56. The molecule has 4 nitrogen and oxygen atoms in total. The molecule has 1 atom stereocenters. The smallest absolute Gasteiger partial charge is 0.161 e. The minimum absolute atomic E-state index is 0.280. The summed E-state index contributed by atoms with van der Waals surface area (Å²) >= 11 is 0. The molecule has 2 aliphatic rings. The Balaban J connectivity index is 1.82. The maximum absolute atomic E-state index is 13.5. The van der Waals surface area contributed by atoms with Gasteiger partial charge in [-0.1, -0.05) is 6.07 Å². The minimum atomic E-state index is -0.525. The van der Waals surface area contributed by atoms with Crippen LogP contribution in [-0.4, -0.2) is 20.8 Å². The van der Waals surface area contributed by atoms with Crippen molar-refractivity contribution >= 4 is 0 Å². The third kappa shape index (κ3) is 2.15. The Bertz CT molecular complexity index is 777. The van der Waals surface area contributed by atoms with Crippen LogP contribution in [0, 0.1) is 5.82 Å². The molecule has 0 aromatic heterocycles. The van der Waals surface area contributed by atoms with E-state index in [0.717, 1.165) is 23.2 Å². The van der Waals surface area contributed by atoms with Gasteiger partial charge in [-0.15, -0.1) is 0 Å². The fourth-order valence-electron chi connectivity index (χ4n) is 3.56. The molecular formula is C18H18FNO3. The molecule has 5 heteroatoms. The Morgan fingerprint density at radius 2 is 1.87 bits per heavy atom. The molecule has 2 aliphatic heterocycles. The first-order valence-corrected chi connectivity index (χ1v) is 7.59. The van der Waals surface area contributed by atoms with Crippen LogP contribution in [0.1, 0.15) is 16.7 Å². The summed E-state index contributed by atoms with van der Waals surface area (Å²) in [7, 11) is 3.25. The molecule has 1 unspecified atom stereocenters. The Morgan fingerprint density at radius 1 is 1.09 bits per heavy atom. The standard InChI is InChI=1S/C18H18FNO3/c1-21-16-5-12-9-20-10-18(14(12)7-17(16)22-2)8-11-3-4-13(19)6-15(11)23-18/h3-7,20H,8-10H2,1-2H3. The van der Waals surface area contributed by atoms with E-state index in [0.29, 0.717) is 30.2 Å². The van der Waals surface area contributed by atoms with Gasteiger partial charge in [-0.3, -0.25) is 0 Å². The molecule has 23 heavy (non-hydrogen) atoms. The van der Waals surface area contributed by atoms with Crippen molar-refractivity contribution in [3.05, 3.63) is 52.8 Å². The van der Waals surface area contributed by atoms with Gasteiger partial charge >= 0.3 is 0 Å². The molecule has 2 aromatic rings. The number of ether oxygens (including phenoxy) is 3. The Morgan fingerprint density at radius 3 is 2.65 bits per heavy atom. The van der Waals surface area contributed by atoms with Crippen LogP contribution < -0.4 is 19.5 Å². The summed E-state index contributed by atoms with van der Waals surface area (Å²) in [5, 5.41) is 3.40. The largest absolute Gasteiger partial charge is 0.493 e. The van der Waals surface area contributed by atoms with E-state index in [1.807, 2.05) is 12.1 Å². The van der Waals surface area contributed by atoms with Gasteiger partial charge in [-0.2, -0.15) is 0 Å². The number of hydrogen-bond donors (Lipinski definition) is 1. The number of hydrogen-bond acceptors (Lipinski definition) is 4. The van der Waals surface area contributed by atoms with Crippen LogP contribution in [0.4, 0.5) is 4.39 Å². The minimum Gasteiger partial charge on any atom is -0.493 e. The number of rotatable bonds is 2. The highest BCUT2D eigenvalue weighted by atomic mass is 19.1. The van der Waals surface area contributed by atoms with Crippen LogP contribution in [0.15, 0.2) is 30.3 Å². The second kappa shape index (κ2) is 5.13. The van der Waals surface area contributed by atoms with E-state index >= 15 is 0 Å². The SMILES string of the molecule is COc1cc2c(cc1OC)C1(CNC2)Cc2ccc(F)cc2O1. The lowest BCUT2D eigenvalue weighted by Crippen LogP contribution is -2.46. The van der Waals surface area contributed by atoms with Gasteiger partial charge in [0.25, 0.3) is 0 Å². The first-order chi connectivity index (χ1) is 11.1. The lowest BCUT2D eigenvalue weighted by molar-refractivity contribution is 0.0820. The highest BCUT2D eigenvalue weighted by Crippen LogP contribution is 2.46. The summed E-state index contributed by atoms with van der Waals surface area (Å²) in [5.74, 6) is 1.72. The number of nitrogens with one attached hydrogen (secondary N) is 1. The summed E-state index contributed by atoms with van der Waals surface area (Å²) in [6.07, 6.45) is 0.706. The van der Waals surface area contributed by atoms with Gasteiger partial charge < -0.3 is 19.5 Å². The predicted octanol–water partition coefficient (Wildman–Crippen LogP) is 2.78. The lowest BCUT2D eigenvalue weighted by Gasteiger charge is -2.36. The normalized spacial score (nSPS) is 21.5. The van der Waals surface area contributed by atoms with Gasteiger partial charge in [0.1, 0.15) is 11.6 Å². The monoisotopic (exact) mass is 315 g/mol. The van der Waals surface area contributed by atoms with E-state index in [4.69, 9.17) is 14.2 Å². The van der Waals surface area contributed by atoms with Crippen LogP contribution in [-0.2, 0) is 18.6 Å². The average molecular weight is 315 g/mol. The molecule has 0 saturated carbocycles. The second-order valence-corrected chi connectivity index (χ2v) is 5.99. The van der Waals surface area contributed by atoms with Crippen molar-refractivity contribution < 1.29 is 18.6 Å². The summed E-state index contributed by atoms with van der Waals surface area (Å²) in [4.78, 5) is 0. The Labute approximate surface area is 134 Å². The van der Waals surface area contributed by atoms with E-state index in [1.165, 1.54) is 12.1 Å². The summed E-state index contributed by atoms with van der Waals surface area (Å²) in [6, 6.07) is 8.70. The predicted molar refractivity (Wildman–Crippen MR) is 83.7 cm³/mol. The first kappa shape index (κ1) is 14.3. The molecular weight excluding hydrogens is 297 g/mol. The second-order valence-electron chi connectivity index (χ2n) is 5.99. The van der Waals surface area contributed by atoms with Crippen molar-refractivity contribution in [1.82, 2.24) is 5.32 Å². The van der Waals surface area contributed by atoms with Gasteiger partial charge in [0.15, 0.2) is 17.1 Å². The van der Waals surface area contributed by atoms with Crippen LogP contribution in [0.2, 0.25) is 0 Å². The maximum atomic E-state index is 13.5. The van der Waals surface area contributed by atoms with E-state index in [-0.39, 0.29) is 5.82 Å². The molecule has 1 N–H and O–H groups in total. The Hall–Kier alpha value is -2.27. The molecule has 0 saturated heterocycles. The number of benzene rings is 2.